The second kappa shape index (κ2) is 9.16. The Hall–Kier alpha value is -1.43. The summed E-state index contributed by atoms with van der Waals surface area (Å²) in [5.74, 6) is 0.341. The Balaban J connectivity index is 2.51. The minimum atomic E-state index is -0.821. The van der Waals surface area contributed by atoms with E-state index in [4.69, 9.17) is 0 Å². The molecule has 1 rings (SSSR count). The van der Waals surface area contributed by atoms with Crippen LogP contribution in [0.5, 0.6) is 0 Å². The average Bonchev–Trinajstić information content (AvgIpc) is 2.44. The lowest BCUT2D eigenvalue weighted by Crippen LogP contribution is -2.48. The van der Waals surface area contributed by atoms with Gasteiger partial charge in [-0.05, 0) is 45.5 Å². The van der Waals surface area contributed by atoms with E-state index in [-0.39, 0.29) is 11.9 Å². The fourth-order valence-electron chi connectivity index (χ4n) is 2.80. The number of carbonyl (C=O) groups is 1. The third-order valence-corrected chi connectivity index (χ3v) is 3.84. The lowest BCUT2D eigenvalue weighted by Gasteiger charge is -2.28. The zero-order chi connectivity index (χ0) is 18.3. The summed E-state index contributed by atoms with van der Waals surface area (Å²) in [6.07, 6.45) is 0.366. The molecule has 0 aliphatic rings. The van der Waals surface area contributed by atoms with Gasteiger partial charge in [-0.2, -0.15) is 0 Å². The standard InChI is InChI=1S/C19H33N3O2/c1-14(2)16-9-7-8-10-17(16)21-18(23)11-15(3)20-12-19(4,24)13-22(5)6/h7-10,14-15,20,24H,11-13H2,1-6H3,(H,21,23). The summed E-state index contributed by atoms with van der Waals surface area (Å²) in [5.41, 5.74) is 1.20. The molecule has 0 heterocycles. The Morgan fingerprint density at radius 3 is 2.46 bits per heavy atom. The van der Waals surface area contributed by atoms with E-state index in [1.54, 1.807) is 6.92 Å². The van der Waals surface area contributed by atoms with Gasteiger partial charge in [-0.15, -0.1) is 0 Å². The van der Waals surface area contributed by atoms with E-state index >= 15 is 0 Å². The number of anilines is 1. The Morgan fingerprint density at radius 1 is 1.25 bits per heavy atom. The number of carbonyl (C=O) groups excluding carboxylic acids is 1. The van der Waals surface area contributed by atoms with Gasteiger partial charge in [-0.3, -0.25) is 4.79 Å². The largest absolute Gasteiger partial charge is 0.388 e. The van der Waals surface area contributed by atoms with Crippen molar-refractivity contribution in [3.63, 3.8) is 0 Å². The van der Waals surface area contributed by atoms with Gasteiger partial charge >= 0.3 is 0 Å². The molecule has 24 heavy (non-hydrogen) atoms. The minimum absolute atomic E-state index is 0.00940. The van der Waals surface area contributed by atoms with Gasteiger partial charge in [0.15, 0.2) is 0 Å². The molecule has 2 unspecified atom stereocenters. The molecule has 0 radical (unpaired) electrons. The molecule has 5 heteroatoms. The summed E-state index contributed by atoms with van der Waals surface area (Å²) < 4.78 is 0. The van der Waals surface area contributed by atoms with Crippen LogP contribution >= 0.6 is 0 Å². The van der Waals surface area contributed by atoms with Crippen LogP contribution < -0.4 is 10.6 Å². The van der Waals surface area contributed by atoms with E-state index < -0.39 is 5.60 Å². The molecule has 0 spiro atoms. The molecule has 0 saturated carbocycles. The minimum Gasteiger partial charge on any atom is -0.388 e. The van der Waals surface area contributed by atoms with Crippen LogP contribution in [0.1, 0.15) is 45.6 Å². The zero-order valence-electron chi connectivity index (χ0n) is 15.9. The average molecular weight is 335 g/mol. The van der Waals surface area contributed by atoms with Crippen molar-refractivity contribution in [3.05, 3.63) is 29.8 Å². The monoisotopic (exact) mass is 335 g/mol. The van der Waals surface area contributed by atoms with Crippen LogP contribution in [0.4, 0.5) is 5.69 Å². The van der Waals surface area contributed by atoms with Crippen molar-refractivity contribution >= 4 is 11.6 Å². The molecule has 1 aromatic rings. The smallest absolute Gasteiger partial charge is 0.225 e. The summed E-state index contributed by atoms with van der Waals surface area (Å²) in [5, 5.41) is 16.5. The van der Waals surface area contributed by atoms with Gasteiger partial charge in [0, 0.05) is 31.2 Å². The van der Waals surface area contributed by atoms with Crippen LogP contribution in [0.2, 0.25) is 0 Å². The summed E-state index contributed by atoms with van der Waals surface area (Å²) >= 11 is 0. The maximum atomic E-state index is 12.3. The van der Waals surface area contributed by atoms with Crippen molar-refractivity contribution in [3.8, 4) is 0 Å². The SMILES string of the molecule is CC(CC(=O)Nc1ccccc1C(C)C)NCC(C)(O)CN(C)C. The first-order chi connectivity index (χ1) is 11.1. The van der Waals surface area contributed by atoms with E-state index in [9.17, 15) is 9.90 Å². The molecule has 3 N–H and O–H groups in total. The Morgan fingerprint density at radius 2 is 1.88 bits per heavy atom. The van der Waals surface area contributed by atoms with Crippen molar-refractivity contribution in [2.24, 2.45) is 0 Å². The summed E-state index contributed by atoms with van der Waals surface area (Å²) in [7, 11) is 3.86. The zero-order valence-corrected chi connectivity index (χ0v) is 15.9. The number of hydrogen-bond acceptors (Lipinski definition) is 4. The molecule has 136 valence electrons. The predicted molar refractivity (Wildman–Crippen MR) is 100 cm³/mol. The number of para-hydroxylation sites is 1. The molecule has 0 saturated heterocycles. The van der Waals surface area contributed by atoms with Crippen LogP contribution in [-0.2, 0) is 4.79 Å². The van der Waals surface area contributed by atoms with Crippen molar-refractivity contribution in [1.82, 2.24) is 10.2 Å². The fraction of sp³-hybridized carbons (Fsp3) is 0.632. The molecule has 1 aromatic carbocycles. The van der Waals surface area contributed by atoms with Crippen LogP contribution in [0.3, 0.4) is 0 Å². The van der Waals surface area contributed by atoms with Gasteiger partial charge in [0.1, 0.15) is 0 Å². The van der Waals surface area contributed by atoms with Gasteiger partial charge in [-0.1, -0.05) is 32.0 Å². The predicted octanol–water partition coefficient (Wildman–Crippen LogP) is 2.43. The number of hydrogen-bond donors (Lipinski definition) is 3. The molecular weight excluding hydrogens is 302 g/mol. The van der Waals surface area contributed by atoms with Gasteiger partial charge in [-0.25, -0.2) is 0 Å². The molecule has 0 aromatic heterocycles. The second-order valence-electron chi connectivity index (χ2n) is 7.51. The Bertz CT molecular complexity index is 527. The number of likely N-dealkylation sites (N-methyl/N-ethyl adjacent to an activating group) is 1. The van der Waals surface area contributed by atoms with Crippen molar-refractivity contribution in [2.75, 3.05) is 32.5 Å². The number of nitrogens with zero attached hydrogens (tertiary/aromatic N) is 1. The van der Waals surface area contributed by atoms with E-state index in [1.165, 1.54) is 0 Å². The van der Waals surface area contributed by atoms with Crippen molar-refractivity contribution < 1.29 is 9.90 Å². The van der Waals surface area contributed by atoms with E-state index in [0.717, 1.165) is 11.3 Å². The lowest BCUT2D eigenvalue weighted by molar-refractivity contribution is -0.116. The first kappa shape index (κ1) is 20.6. The highest BCUT2D eigenvalue weighted by atomic mass is 16.3. The number of amides is 1. The summed E-state index contributed by atoms with van der Waals surface area (Å²) in [6, 6.07) is 7.89. The first-order valence-corrected chi connectivity index (χ1v) is 8.60. The second-order valence-corrected chi connectivity index (χ2v) is 7.51. The molecule has 5 nitrogen and oxygen atoms in total. The number of benzene rings is 1. The molecule has 0 fully saturated rings. The molecule has 0 aliphatic carbocycles. The quantitative estimate of drug-likeness (QED) is 0.648. The highest BCUT2D eigenvalue weighted by molar-refractivity contribution is 5.91. The van der Waals surface area contributed by atoms with Gasteiger partial charge in [0.05, 0.1) is 5.60 Å². The summed E-state index contributed by atoms with van der Waals surface area (Å²) in [4.78, 5) is 14.2. The first-order valence-electron chi connectivity index (χ1n) is 8.60. The summed E-state index contributed by atoms with van der Waals surface area (Å²) in [6.45, 7) is 9.00. The molecule has 2 atom stereocenters. The van der Waals surface area contributed by atoms with Gasteiger partial charge in [0.25, 0.3) is 0 Å². The Labute approximate surface area is 146 Å². The topological polar surface area (TPSA) is 64.6 Å². The van der Waals surface area contributed by atoms with Crippen LogP contribution in [0.15, 0.2) is 24.3 Å². The molecule has 0 aliphatic heterocycles. The maximum absolute atomic E-state index is 12.3. The molecule has 1 amide bonds. The normalized spacial score (nSPS) is 15.4. The van der Waals surface area contributed by atoms with Gasteiger partial charge in [0.2, 0.25) is 5.91 Å². The van der Waals surface area contributed by atoms with E-state index in [1.807, 2.05) is 50.2 Å². The number of nitrogens with one attached hydrogen (secondary N) is 2. The third kappa shape index (κ3) is 7.43. The lowest BCUT2D eigenvalue weighted by atomic mass is 10.0. The highest BCUT2D eigenvalue weighted by Crippen LogP contribution is 2.23. The number of aliphatic hydroxyl groups is 1. The fourth-order valence-corrected chi connectivity index (χ4v) is 2.80. The molecule has 0 bridgehead atoms. The van der Waals surface area contributed by atoms with Crippen molar-refractivity contribution in [1.29, 1.82) is 0 Å². The maximum Gasteiger partial charge on any atom is 0.225 e. The van der Waals surface area contributed by atoms with Crippen LogP contribution in [0.25, 0.3) is 0 Å². The van der Waals surface area contributed by atoms with Gasteiger partial charge < -0.3 is 20.6 Å². The van der Waals surface area contributed by atoms with Crippen LogP contribution in [-0.4, -0.2) is 54.7 Å². The molecular formula is C19H33N3O2. The van der Waals surface area contributed by atoms with Crippen LogP contribution in [0, 0.1) is 0 Å². The third-order valence-electron chi connectivity index (χ3n) is 3.84. The Kier molecular flexibility index (Phi) is 7.87. The van der Waals surface area contributed by atoms with E-state index in [2.05, 4.69) is 24.5 Å². The van der Waals surface area contributed by atoms with Crippen molar-refractivity contribution in [2.45, 2.75) is 51.7 Å². The number of rotatable bonds is 9. The van der Waals surface area contributed by atoms with E-state index in [0.29, 0.717) is 25.4 Å². The highest BCUT2D eigenvalue weighted by Gasteiger charge is 2.22.